The zero-order valence-corrected chi connectivity index (χ0v) is 13.5. The van der Waals surface area contributed by atoms with Gasteiger partial charge in [0.2, 0.25) is 11.8 Å². The second-order valence-electron chi connectivity index (χ2n) is 6.47. The van der Waals surface area contributed by atoms with Gasteiger partial charge in [0.1, 0.15) is 0 Å². The number of hydrogen-bond acceptors (Lipinski definition) is 3. The number of benzene rings is 1. The predicted molar refractivity (Wildman–Crippen MR) is 86.6 cm³/mol. The van der Waals surface area contributed by atoms with Crippen LogP contribution in [0.4, 0.5) is 0 Å². The van der Waals surface area contributed by atoms with Crippen LogP contribution in [0.5, 0.6) is 0 Å². The molecule has 0 aromatic heterocycles. The van der Waals surface area contributed by atoms with Crippen molar-refractivity contribution in [2.45, 2.75) is 38.3 Å². The minimum absolute atomic E-state index is 0.0204. The van der Waals surface area contributed by atoms with E-state index in [1.165, 1.54) is 0 Å². The molecule has 2 amide bonds. The van der Waals surface area contributed by atoms with Crippen LogP contribution in [-0.4, -0.2) is 31.1 Å². The van der Waals surface area contributed by atoms with E-state index in [0.29, 0.717) is 13.0 Å². The third-order valence-electron chi connectivity index (χ3n) is 4.65. The number of rotatable bonds is 6. The molecule has 5 heteroatoms. The highest BCUT2D eigenvalue weighted by molar-refractivity contribution is 5.92. The molecular formula is C18H24N2O3. The highest BCUT2D eigenvalue weighted by atomic mass is 16.5. The monoisotopic (exact) mass is 316 g/mol. The number of amides is 2. The maximum Gasteiger partial charge on any atom is 0.224 e. The van der Waals surface area contributed by atoms with Crippen molar-refractivity contribution in [2.75, 3.05) is 13.2 Å². The summed E-state index contributed by atoms with van der Waals surface area (Å²) in [7, 11) is 0. The summed E-state index contributed by atoms with van der Waals surface area (Å²) < 4.78 is 5.49. The van der Waals surface area contributed by atoms with Crippen LogP contribution in [0.25, 0.3) is 0 Å². The minimum atomic E-state index is -0.189. The first-order valence-corrected chi connectivity index (χ1v) is 8.40. The fraction of sp³-hybridized carbons (Fsp3) is 0.556. The molecular weight excluding hydrogens is 292 g/mol. The Kier molecular flexibility index (Phi) is 4.96. The lowest BCUT2D eigenvalue weighted by Crippen LogP contribution is -2.35. The number of carbonyl (C=O) groups excluding carboxylic acids is 2. The SMILES string of the molecule is CC(NC(=O)C1CC1C(=O)NCC1CCCO1)c1ccccc1. The predicted octanol–water partition coefficient (Wildman–Crippen LogP) is 1.80. The standard InChI is InChI=1S/C18H24N2O3/c1-12(13-6-3-2-4-7-13)20-18(22)16-10-15(16)17(21)19-11-14-8-5-9-23-14/h2-4,6-7,12,14-16H,5,8-11H2,1H3,(H,19,21)(H,20,22). The number of ether oxygens (including phenoxy) is 1. The lowest BCUT2D eigenvalue weighted by molar-refractivity contribution is -0.127. The van der Waals surface area contributed by atoms with E-state index in [2.05, 4.69) is 10.6 Å². The van der Waals surface area contributed by atoms with Crippen LogP contribution < -0.4 is 10.6 Å². The van der Waals surface area contributed by atoms with Gasteiger partial charge in [-0.3, -0.25) is 9.59 Å². The molecule has 1 saturated carbocycles. The van der Waals surface area contributed by atoms with Gasteiger partial charge in [-0.2, -0.15) is 0 Å². The average molecular weight is 316 g/mol. The zero-order valence-electron chi connectivity index (χ0n) is 13.5. The minimum Gasteiger partial charge on any atom is -0.376 e. The van der Waals surface area contributed by atoms with Gasteiger partial charge in [0, 0.05) is 13.2 Å². The quantitative estimate of drug-likeness (QED) is 0.841. The Balaban J connectivity index is 1.42. The Morgan fingerprint density at radius 1 is 1.22 bits per heavy atom. The fourth-order valence-corrected chi connectivity index (χ4v) is 3.07. The number of nitrogens with one attached hydrogen (secondary N) is 2. The van der Waals surface area contributed by atoms with Crippen LogP contribution in [0.15, 0.2) is 30.3 Å². The van der Waals surface area contributed by atoms with Gasteiger partial charge in [0.05, 0.1) is 24.0 Å². The van der Waals surface area contributed by atoms with Gasteiger partial charge in [-0.05, 0) is 31.7 Å². The molecule has 1 heterocycles. The maximum atomic E-state index is 12.2. The second-order valence-corrected chi connectivity index (χ2v) is 6.47. The Morgan fingerprint density at radius 3 is 2.65 bits per heavy atom. The maximum absolute atomic E-state index is 12.2. The summed E-state index contributed by atoms with van der Waals surface area (Å²) in [5.74, 6) is -0.420. The first kappa shape index (κ1) is 16.0. The molecule has 0 radical (unpaired) electrons. The van der Waals surface area contributed by atoms with E-state index < -0.39 is 0 Å². The zero-order chi connectivity index (χ0) is 16.2. The fourth-order valence-electron chi connectivity index (χ4n) is 3.07. The third kappa shape index (κ3) is 4.10. The first-order chi connectivity index (χ1) is 11.1. The van der Waals surface area contributed by atoms with E-state index >= 15 is 0 Å². The molecule has 2 N–H and O–H groups in total. The van der Waals surface area contributed by atoms with Crippen LogP contribution >= 0.6 is 0 Å². The van der Waals surface area contributed by atoms with Crippen LogP contribution in [0.2, 0.25) is 0 Å². The number of carbonyl (C=O) groups is 2. The summed E-state index contributed by atoms with van der Waals surface area (Å²) in [6.07, 6.45) is 2.85. The van der Waals surface area contributed by atoms with E-state index in [0.717, 1.165) is 25.0 Å². The van der Waals surface area contributed by atoms with Gasteiger partial charge >= 0.3 is 0 Å². The summed E-state index contributed by atoms with van der Waals surface area (Å²) in [5.41, 5.74) is 1.07. The Morgan fingerprint density at radius 2 is 1.96 bits per heavy atom. The third-order valence-corrected chi connectivity index (χ3v) is 4.65. The molecule has 4 atom stereocenters. The molecule has 1 aromatic carbocycles. The lowest BCUT2D eigenvalue weighted by Gasteiger charge is -2.14. The molecule has 0 bridgehead atoms. The van der Waals surface area contributed by atoms with Crippen molar-refractivity contribution in [3.63, 3.8) is 0 Å². The van der Waals surface area contributed by atoms with Gasteiger partial charge in [-0.15, -0.1) is 0 Å². The van der Waals surface area contributed by atoms with Crippen LogP contribution in [0.1, 0.15) is 37.8 Å². The van der Waals surface area contributed by atoms with Crippen molar-refractivity contribution in [3.8, 4) is 0 Å². The lowest BCUT2D eigenvalue weighted by atomic mass is 10.1. The highest BCUT2D eigenvalue weighted by Crippen LogP contribution is 2.39. The van der Waals surface area contributed by atoms with Crippen molar-refractivity contribution in [3.05, 3.63) is 35.9 Å². The Hall–Kier alpha value is -1.88. The molecule has 4 unspecified atom stereocenters. The van der Waals surface area contributed by atoms with E-state index in [1.54, 1.807) is 0 Å². The average Bonchev–Trinajstić information content (AvgIpc) is 3.21. The summed E-state index contributed by atoms with van der Waals surface area (Å²) in [5, 5.41) is 5.91. The molecule has 124 valence electrons. The number of hydrogen-bond donors (Lipinski definition) is 2. The Labute approximate surface area is 136 Å². The topological polar surface area (TPSA) is 67.4 Å². The molecule has 5 nitrogen and oxygen atoms in total. The molecule has 1 saturated heterocycles. The van der Waals surface area contributed by atoms with Crippen molar-refractivity contribution >= 4 is 11.8 Å². The summed E-state index contributed by atoms with van der Waals surface area (Å²) in [4.78, 5) is 24.3. The van der Waals surface area contributed by atoms with Crippen LogP contribution in [-0.2, 0) is 14.3 Å². The first-order valence-electron chi connectivity index (χ1n) is 8.40. The summed E-state index contributed by atoms with van der Waals surface area (Å²) in [6, 6.07) is 9.80. The van der Waals surface area contributed by atoms with E-state index in [1.807, 2.05) is 37.3 Å². The molecule has 23 heavy (non-hydrogen) atoms. The Bertz CT molecular complexity index is 555. The van der Waals surface area contributed by atoms with Gasteiger partial charge in [-0.1, -0.05) is 30.3 Å². The van der Waals surface area contributed by atoms with E-state index in [9.17, 15) is 9.59 Å². The van der Waals surface area contributed by atoms with Gasteiger partial charge in [0.15, 0.2) is 0 Å². The van der Waals surface area contributed by atoms with Crippen molar-refractivity contribution in [1.29, 1.82) is 0 Å². The molecule has 1 aromatic rings. The van der Waals surface area contributed by atoms with Crippen molar-refractivity contribution in [2.24, 2.45) is 11.8 Å². The summed E-state index contributed by atoms with van der Waals surface area (Å²) >= 11 is 0. The molecule has 1 aliphatic carbocycles. The second kappa shape index (κ2) is 7.13. The smallest absolute Gasteiger partial charge is 0.224 e. The van der Waals surface area contributed by atoms with Crippen LogP contribution in [0, 0.1) is 11.8 Å². The molecule has 1 aliphatic heterocycles. The largest absolute Gasteiger partial charge is 0.376 e. The molecule has 2 aliphatic rings. The van der Waals surface area contributed by atoms with E-state index in [-0.39, 0.29) is 35.8 Å². The normalized spacial score (nSPS) is 27.3. The van der Waals surface area contributed by atoms with Crippen LogP contribution in [0.3, 0.4) is 0 Å². The van der Waals surface area contributed by atoms with Gasteiger partial charge in [-0.25, -0.2) is 0 Å². The van der Waals surface area contributed by atoms with Crippen molar-refractivity contribution < 1.29 is 14.3 Å². The molecule has 2 fully saturated rings. The van der Waals surface area contributed by atoms with E-state index in [4.69, 9.17) is 4.74 Å². The van der Waals surface area contributed by atoms with Crippen molar-refractivity contribution in [1.82, 2.24) is 10.6 Å². The highest BCUT2D eigenvalue weighted by Gasteiger charge is 2.48. The summed E-state index contributed by atoms with van der Waals surface area (Å²) in [6.45, 7) is 3.30. The molecule has 3 rings (SSSR count). The van der Waals surface area contributed by atoms with Gasteiger partial charge < -0.3 is 15.4 Å². The van der Waals surface area contributed by atoms with Gasteiger partial charge in [0.25, 0.3) is 0 Å². The molecule has 0 spiro atoms.